The van der Waals surface area contributed by atoms with E-state index in [4.69, 9.17) is 0 Å². The van der Waals surface area contributed by atoms with Gasteiger partial charge in [0.15, 0.2) is 9.84 Å². The summed E-state index contributed by atoms with van der Waals surface area (Å²) in [4.78, 5) is 16.5. The molecule has 0 radical (unpaired) electrons. The first-order chi connectivity index (χ1) is 13.0. The Bertz CT molecular complexity index is 1010. The van der Waals surface area contributed by atoms with E-state index in [1.807, 2.05) is 0 Å². The van der Waals surface area contributed by atoms with Crippen molar-refractivity contribution in [3.63, 3.8) is 0 Å². The van der Waals surface area contributed by atoms with Crippen LogP contribution in [0, 0.1) is 5.82 Å². The number of aromatic nitrogens is 1. The molecule has 0 saturated carbocycles. The lowest BCUT2D eigenvalue weighted by Crippen LogP contribution is -2.32. The molecule has 0 saturated heterocycles. The topological polar surface area (TPSA) is 76.1 Å². The molecule has 0 bridgehead atoms. The van der Waals surface area contributed by atoms with Crippen molar-refractivity contribution in [2.75, 3.05) is 6.54 Å². The van der Waals surface area contributed by atoms with Gasteiger partial charge >= 0.3 is 0 Å². The second-order valence-corrected chi connectivity index (χ2v) is 7.98. The molecule has 1 heterocycles. The molecule has 3 aromatic rings. The minimum atomic E-state index is -3.75. The molecule has 0 aliphatic heterocycles. The highest BCUT2D eigenvalue weighted by molar-refractivity contribution is 7.91. The van der Waals surface area contributed by atoms with Gasteiger partial charge in [-0.3, -0.25) is 9.78 Å². The molecule has 0 aliphatic rings. The molecule has 1 unspecified atom stereocenters. The van der Waals surface area contributed by atoms with Crippen LogP contribution in [0.2, 0.25) is 0 Å². The molecule has 5 nitrogen and oxygen atoms in total. The molecule has 1 atom stereocenters. The molecule has 0 fully saturated rings. The van der Waals surface area contributed by atoms with Crippen molar-refractivity contribution < 1.29 is 17.6 Å². The maximum Gasteiger partial charge on any atom is 0.251 e. The summed E-state index contributed by atoms with van der Waals surface area (Å²) in [6, 6.07) is 16.4. The number of carbonyl (C=O) groups is 1. The zero-order chi connectivity index (χ0) is 19.3. The summed E-state index contributed by atoms with van der Waals surface area (Å²) in [5.74, 6) is -0.932. The van der Waals surface area contributed by atoms with Crippen LogP contribution in [-0.2, 0) is 9.84 Å². The van der Waals surface area contributed by atoms with E-state index < -0.39 is 26.8 Å². The third-order valence-electron chi connectivity index (χ3n) is 4.06. The summed E-state index contributed by atoms with van der Waals surface area (Å²) < 4.78 is 39.2. The average Bonchev–Trinajstić information content (AvgIpc) is 2.70. The van der Waals surface area contributed by atoms with Crippen LogP contribution in [0.15, 0.2) is 84.0 Å². The van der Waals surface area contributed by atoms with Crippen LogP contribution in [0.5, 0.6) is 0 Å². The van der Waals surface area contributed by atoms with Crippen LogP contribution >= 0.6 is 0 Å². The first kappa shape index (κ1) is 18.7. The van der Waals surface area contributed by atoms with E-state index in [0.29, 0.717) is 5.56 Å². The van der Waals surface area contributed by atoms with Crippen LogP contribution in [-0.4, -0.2) is 25.9 Å². The van der Waals surface area contributed by atoms with Crippen molar-refractivity contribution in [3.8, 4) is 0 Å². The average molecular weight is 384 g/mol. The summed E-state index contributed by atoms with van der Waals surface area (Å²) in [5.41, 5.74) is 0.721. The molecule has 3 rings (SSSR count). The van der Waals surface area contributed by atoms with Crippen molar-refractivity contribution in [2.24, 2.45) is 0 Å². The number of hydrogen-bond acceptors (Lipinski definition) is 4. The number of nitrogens with zero attached hydrogens (tertiary/aromatic N) is 1. The molecular formula is C20H17FN2O3S. The van der Waals surface area contributed by atoms with Gasteiger partial charge in [0.25, 0.3) is 5.91 Å². The number of pyridine rings is 1. The summed E-state index contributed by atoms with van der Waals surface area (Å²) in [5, 5.41) is 1.62. The number of carbonyl (C=O) groups excluding carboxylic acids is 1. The quantitative estimate of drug-likeness (QED) is 0.708. The predicted octanol–water partition coefficient (Wildman–Crippen LogP) is 3.17. The van der Waals surface area contributed by atoms with Crippen molar-refractivity contribution in [1.82, 2.24) is 10.3 Å². The second kappa shape index (κ2) is 8.09. The highest BCUT2D eigenvalue weighted by atomic mass is 32.2. The molecule has 1 N–H and O–H groups in total. The Hall–Kier alpha value is -3.06. The molecule has 0 aliphatic carbocycles. The number of rotatable bonds is 6. The largest absolute Gasteiger partial charge is 0.350 e. The fourth-order valence-corrected chi connectivity index (χ4v) is 4.30. The van der Waals surface area contributed by atoms with Crippen LogP contribution in [0.1, 0.15) is 21.2 Å². The molecular weight excluding hydrogens is 367 g/mol. The van der Waals surface area contributed by atoms with Crippen LogP contribution < -0.4 is 5.32 Å². The lowest BCUT2D eigenvalue weighted by atomic mass is 10.2. The first-order valence-corrected chi connectivity index (χ1v) is 9.76. The summed E-state index contributed by atoms with van der Waals surface area (Å²) >= 11 is 0. The zero-order valence-corrected chi connectivity index (χ0v) is 15.1. The Kier molecular flexibility index (Phi) is 5.61. The van der Waals surface area contributed by atoms with E-state index >= 15 is 0 Å². The van der Waals surface area contributed by atoms with Crippen LogP contribution in [0.4, 0.5) is 4.39 Å². The van der Waals surface area contributed by atoms with E-state index in [0.717, 1.165) is 0 Å². The lowest BCUT2D eigenvalue weighted by Gasteiger charge is -2.18. The number of halogens is 1. The van der Waals surface area contributed by atoms with Crippen molar-refractivity contribution in [3.05, 3.63) is 96.1 Å². The molecule has 1 amide bonds. The van der Waals surface area contributed by atoms with Gasteiger partial charge < -0.3 is 5.32 Å². The van der Waals surface area contributed by atoms with Gasteiger partial charge in [-0.15, -0.1) is 0 Å². The Morgan fingerprint density at radius 3 is 2.33 bits per heavy atom. The standard InChI is InChI=1S/C20H17FN2O3S/c21-17-10-8-15(9-11-17)20(24)23-14-19(16-5-4-12-22-13-16)27(25,26)18-6-2-1-3-7-18/h1-13,19H,14H2,(H,23,24). The minimum absolute atomic E-state index is 0.140. The fourth-order valence-electron chi connectivity index (χ4n) is 2.64. The van der Waals surface area contributed by atoms with Gasteiger partial charge in [-0.25, -0.2) is 12.8 Å². The number of sulfone groups is 1. The van der Waals surface area contributed by atoms with E-state index in [9.17, 15) is 17.6 Å². The van der Waals surface area contributed by atoms with Crippen molar-refractivity contribution in [2.45, 2.75) is 10.1 Å². The van der Waals surface area contributed by atoms with Crippen LogP contribution in [0.3, 0.4) is 0 Å². The van der Waals surface area contributed by atoms with Gasteiger partial charge in [-0.05, 0) is 48.0 Å². The fraction of sp³-hybridized carbons (Fsp3) is 0.100. The first-order valence-electron chi connectivity index (χ1n) is 8.21. The Morgan fingerprint density at radius 2 is 1.70 bits per heavy atom. The van der Waals surface area contributed by atoms with Gasteiger partial charge in [-0.2, -0.15) is 0 Å². The number of amides is 1. The summed E-state index contributed by atoms with van der Waals surface area (Å²) in [6.45, 7) is -0.140. The Morgan fingerprint density at radius 1 is 1.00 bits per heavy atom. The number of benzene rings is 2. The Balaban J connectivity index is 1.87. The third-order valence-corrected chi connectivity index (χ3v) is 6.17. The van der Waals surface area contributed by atoms with Crippen LogP contribution in [0.25, 0.3) is 0 Å². The maximum absolute atomic E-state index is 13.1. The normalized spacial score (nSPS) is 12.3. The monoisotopic (exact) mass is 384 g/mol. The summed E-state index contributed by atoms with van der Waals surface area (Å²) in [6.07, 6.45) is 3.02. The lowest BCUT2D eigenvalue weighted by molar-refractivity contribution is 0.0953. The van der Waals surface area contributed by atoms with Gasteiger partial charge in [0.05, 0.1) is 4.90 Å². The third kappa shape index (κ3) is 4.38. The van der Waals surface area contributed by atoms with Gasteiger partial charge in [-0.1, -0.05) is 24.3 Å². The van der Waals surface area contributed by atoms with Crippen molar-refractivity contribution >= 4 is 15.7 Å². The molecule has 138 valence electrons. The smallest absolute Gasteiger partial charge is 0.251 e. The highest BCUT2D eigenvalue weighted by Gasteiger charge is 2.29. The minimum Gasteiger partial charge on any atom is -0.350 e. The second-order valence-electron chi connectivity index (χ2n) is 5.85. The van der Waals surface area contributed by atoms with E-state index in [2.05, 4.69) is 10.3 Å². The maximum atomic E-state index is 13.1. The van der Waals surface area contributed by atoms with Crippen molar-refractivity contribution in [1.29, 1.82) is 0 Å². The van der Waals surface area contributed by atoms with Gasteiger partial charge in [0.2, 0.25) is 0 Å². The molecule has 27 heavy (non-hydrogen) atoms. The molecule has 0 spiro atoms. The van der Waals surface area contributed by atoms with E-state index in [-0.39, 0.29) is 17.0 Å². The highest BCUT2D eigenvalue weighted by Crippen LogP contribution is 2.28. The molecule has 7 heteroatoms. The Labute approximate surface area is 156 Å². The predicted molar refractivity (Wildman–Crippen MR) is 99.3 cm³/mol. The molecule has 1 aromatic heterocycles. The SMILES string of the molecule is O=C(NCC(c1cccnc1)S(=O)(=O)c1ccccc1)c1ccc(F)cc1. The number of nitrogens with one attached hydrogen (secondary N) is 1. The van der Waals surface area contributed by atoms with E-state index in [1.54, 1.807) is 36.5 Å². The zero-order valence-electron chi connectivity index (χ0n) is 14.2. The summed E-state index contributed by atoms with van der Waals surface area (Å²) in [7, 11) is -3.75. The van der Waals surface area contributed by atoms with E-state index in [1.165, 1.54) is 42.6 Å². The number of hydrogen-bond donors (Lipinski definition) is 1. The van der Waals surface area contributed by atoms with Gasteiger partial charge in [0.1, 0.15) is 11.1 Å². The van der Waals surface area contributed by atoms with Gasteiger partial charge in [0, 0.05) is 24.5 Å². The molecule has 2 aromatic carbocycles.